The molecule has 0 unspecified atom stereocenters. The van der Waals surface area contributed by atoms with Crippen molar-refractivity contribution in [3.8, 4) is 17.4 Å². The highest BCUT2D eigenvalue weighted by Crippen LogP contribution is 2.28. The van der Waals surface area contributed by atoms with Crippen LogP contribution < -0.4 is 9.47 Å². The van der Waals surface area contributed by atoms with E-state index in [-0.39, 0.29) is 16.7 Å². The monoisotopic (exact) mass is 294 g/mol. The van der Waals surface area contributed by atoms with Crippen molar-refractivity contribution in [3.05, 3.63) is 51.7 Å². The molecule has 0 fully saturated rings. The molecule has 0 bridgehead atoms. The molecule has 1 aromatic carbocycles. The first-order valence-corrected chi connectivity index (χ1v) is 6.19. The zero-order chi connectivity index (χ0) is 14.5. The molecule has 0 saturated heterocycles. The Morgan fingerprint density at radius 3 is 2.75 bits per heavy atom. The van der Waals surface area contributed by atoms with Gasteiger partial charge in [-0.15, -0.1) is 0 Å². The summed E-state index contributed by atoms with van der Waals surface area (Å²) in [5.74, 6) is 1.15. The predicted molar refractivity (Wildman–Crippen MR) is 73.6 cm³/mol. The third-order valence-corrected chi connectivity index (χ3v) is 2.50. The molecule has 0 atom stereocenters. The Morgan fingerprint density at radius 2 is 2.05 bits per heavy atom. The number of nitrogens with zero attached hydrogens (tertiary/aromatic N) is 2. The quantitative estimate of drug-likeness (QED) is 0.476. The van der Waals surface area contributed by atoms with Gasteiger partial charge in [-0.1, -0.05) is 17.7 Å². The molecule has 0 aliphatic carbocycles. The zero-order valence-corrected chi connectivity index (χ0v) is 11.3. The van der Waals surface area contributed by atoms with Crippen molar-refractivity contribution in [3.63, 3.8) is 0 Å². The molecule has 0 amide bonds. The SMILES string of the molecule is CCOc1cccc(Oc2cc([N+](=O)[O-])cc(Cl)n2)c1. The second-order valence-corrected chi connectivity index (χ2v) is 4.14. The molecule has 1 aromatic heterocycles. The fourth-order valence-electron chi connectivity index (χ4n) is 1.53. The molecular formula is C13H11ClN2O4. The molecule has 104 valence electrons. The van der Waals surface area contributed by atoms with Crippen LogP contribution in [0.5, 0.6) is 17.4 Å². The van der Waals surface area contributed by atoms with Crippen molar-refractivity contribution < 1.29 is 14.4 Å². The number of aromatic nitrogens is 1. The van der Waals surface area contributed by atoms with Crippen LogP contribution in [0.4, 0.5) is 5.69 Å². The van der Waals surface area contributed by atoms with Crippen LogP contribution in [0.1, 0.15) is 6.92 Å². The average Bonchev–Trinajstić information content (AvgIpc) is 2.38. The number of hydrogen-bond acceptors (Lipinski definition) is 5. The summed E-state index contributed by atoms with van der Waals surface area (Å²) in [7, 11) is 0. The summed E-state index contributed by atoms with van der Waals surface area (Å²) < 4.78 is 10.8. The van der Waals surface area contributed by atoms with E-state index in [2.05, 4.69) is 4.98 Å². The van der Waals surface area contributed by atoms with E-state index in [9.17, 15) is 10.1 Å². The number of ether oxygens (including phenoxy) is 2. The van der Waals surface area contributed by atoms with E-state index in [1.54, 1.807) is 24.3 Å². The van der Waals surface area contributed by atoms with Gasteiger partial charge in [0.1, 0.15) is 16.7 Å². The van der Waals surface area contributed by atoms with Gasteiger partial charge in [0.2, 0.25) is 5.88 Å². The second-order valence-electron chi connectivity index (χ2n) is 3.75. The molecule has 1 heterocycles. The maximum absolute atomic E-state index is 10.7. The van der Waals surface area contributed by atoms with Gasteiger partial charge in [0, 0.05) is 6.07 Å². The molecule has 0 radical (unpaired) electrons. The lowest BCUT2D eigenvalue weighted by Crippen LogP contribution is -1.94. The molecular weight excluding hydrogens is 284 g/mol. The first-order chi connectivity index (χ1) is 9.58. The highest BCUT2D eigenvalue weighted by atomic mass is 35.5. The molecule has 6 nitrogen and oxygen atoms in total. The van der Waals surface area contributed by atoms with Crippen LogP contribution in [0.25, 0.3) is 0 Å². The Labute approximate surface area is 120 Å². The second kappa shape index (κ2) is 6.21. The van der Waals surface area contributed by atoms with Crippen molar-refractivity contribution in [1.82, 2.24) is 4.98 Å². The average molecular weight is 295 g/mol. The van der Waals surface area contributed by atoms with Gasteiger partial charge in [-0.05, 0) is 19.1 Å². The number of rotatable bonds is 5. The standard InChI is InChI=1S/C13H11ClN2O4/c1-2-19-10-4-3-5-11(8-10)20-13-7-9(16(17)18)6-12(14)15-13/h3-8H,2H2,1H3. The van der Waals surface area contributed by atoms with E-state index >= 15 is 0 Å². The zero-order valence-electron chi connectivity index (χ0n) is 10.6. The van der Waals surface area contributed by atoms with Crippen LogP contribution in [-0.4, -0.2) is 16.5 Å². The summed E-state index contributed by atoms with van der Waals surface area (Å²) in [6, 6.07) is 9.25. The Hall–Kier alpha value is -2.34. The maximum atomic E-state index is 10.7. The minimum absolute atomic E-state index is 0.00448. The number of benzene rings is 1. The smallest absolute Gasteiger partial charge is 0.277 e. The summed E-state index contributed by atoms with van der Waals surface area (Å²) in [6.45, 7) is 2.40. The van der Waals surface area contributed by atoms with E-state index in [4.69, 9.17) is 21.1 Å². The van der Waals surface area contributed by atoms with E-state index in [0.29, 0.717) is 18.1 Å². The molecule has 0 saturated carbocycles. The molecule has 2 rings (SSSR count). The van der Waals surface area contributed by atoms with E-state index in [1.807, 2.05) is 6.92 Å². The number of nitro groups is 1. The van der Waals surface area contributed by atoms with Crippen molar-refractivity contribution in [1.29, 1.82) is 0 Å². The summed E-state index contributed by atoms with van der Waals surface area (Å²) in [5, 5.41) is 10.7. The normalized spacial score (nSPS) is 10.1. The lowest BCUT2D eigenvalue weighted by atomic mass is 10.3. The van der Waals surface area contributed by atoms with Gasteiger partial charge >= 0.3 is 0 Å². The van der Waals surface area contributed by atoms with Gasteiger partial charge in [-0.3, -0.25) is 10.1 Å². The topological polar surface area (TPSA) is 74.5 Å². The molecule has 20 heavy (non-hydrogen) atoms. The summed E-state index contributed by atoms with van der Waals surface area (Å²) in [4.78, 5) is 14.1. The summed E-state index contributed by atoms with van der Waals surface area (Å²) in [6.07, 6.45) is 0. The van der Waals surface area contributed by atoms with Gasteiger partial charge in [0.25, 0.3) is 5.69 Å². The molecule has 7 heteroatoms. The van der Waals surface area contributed by atoms with Crippen LogP contribution in [0.2, 0.25) is 5.15 Å². The molecule has 2 aromatic rings. The Kier molecular flexibility index (Phi) is 4.37. The third kappa shape index (κ3) is 3.58. The summed E-state index contributed by atoms with van der Waals surface area (Å²) >= 11 is 5.72. The van der Waals surface area contributed by atoms with Gasteiger partial charge in [-0.2, -0.15) is 0 Å². The fourth-order valence-corrected chi connectivity index (χ4v) is 1.73. The largest absolute Gasteiger partial charge is 0.494 e. The van der Waals surface area contributed by atoms with Gasteiger partial charge in [0.05, 0.1) is 23.7 Å². The first kappa shape index (κ1) is 14.1. The van der Waals surface area contributed by atoms with Gasteiger partial charge in [0.15, 0.2) is 0 Å². The maximum Gasteiger partial charge on any atom is 0.277 e. The number of hydrogen-bond donors (Lipinski definition) is 0. The highest BCUT2D eigenvalue weighted by Gasteiger charge is 2.12. The van der Waals surface area contributed by atoms with E-state index < -0.39 is 4.92 Å². The fraction of sp³-hybridized carbons (Fsp3) is 0.154. The van der Waals surface area contributed by atoms with Crippen molar-refractivity contribution in [2.75, 3.05) is 6.61 Å². The molecule has 0 spiro atoms. The third-order valence-electron chi connectivity index (χ3n) is 2.31. The van der Waals surface area contributed by atoms with Gasteiger partial charge in [-0.25, -0.2) is 4.98 Å². The van der Waals surface area contributed by atoms with Crippen LogP contribution >= 0.6 is 11.6 Å². The predicted octanol–water partition coefficient (Wildman–Crippen LogP) is 3.83. The van der Waals surface area contributed by atoms with E-state index in [0.717, 1.165) is 6.07 Å². The summed E-state index contributed by atoms with van der Waals surface area (Å²) in [5.41, 5.74) is -0.180. The van der Waals surface area contributed by atoms with Crippen LogP contribution in [-0.2, 0) is 0 Å². The van der Waals surface area contributed by atoms with Crippen molar-refractivity contribution in [2.45, 2.75) is 6.92 Å². The van der Waals surface area contributed by atoms with Crippen LogP contribution in [0.15, 0.2) is 36.4 Å². The molecule has 0 aliphatic rings. The van der Waals surface area contributed by atoms with Crippen molar-refractivity contribution in [2.24, 2.45) is 0 Å². The molecule has 0 N–H and O–H groups in total. The minimum atomic E-state index is -0.558. The molecule has 0 aliphatic heterocycles. The van der Waals surface area contributed by atoms with Crippen LogP contribution in [0, 0.1) is 10.1 Å². The first-order valence-electron chi connectivity index (χ1n) is 5.81. The van der Waals surface area contributed by atoms with Crippen molar-refractivity contribution >= 4 is 17.3 Å². The number of pyridine rings is 1. The Balaban J connectivity index is 2.25. The minimum Gasteiger partial charge on any atom is -0.494 e. The van der Waals surface area contributed by atoms with E-state index in [1.165, 1.54) is 6.07 Å². The Morgan fingerprint density at radius 1 is 1.30 bits per heavy atom. The lowest BCUT2D eigenvalue weighted by Gasteiger charge is -2.07. The lowest BCUT2D eigenvalue weighted by molar-refractivity contribution is -0.385. The number of halogens is 1. The van der Waals surface area contributed by atoms with Crippen LogP contribution in [0.3, 0.4) is 0 Å². The Bertz CT molecular complexity index is 634. The van der Waals surface area contributed by atoms with Gasteiger partial charge < -0.3 is 9.47 Å². The highest BCUT2D eigenvalue weighted by molar-refractivity contribution is 6.29.